The maximum Gasteiger partial charge on any atom is 0.226 e. The van der Waals surface area contributed by atoms with Gasteiger partial charge in [-0.25, -0.2) is 4.98 Å². The van der Waals surface area contributed by atoms with Gasteiger partial charge in [0, 0.05) is 22.5 Å². The Morgan fingerprint density at radius 2 is 2.15 bits per heavy atom. The van der Waals surface area contributed by atoms with Crippen molar-refractivity contribution in [1.82, 2.24) is 9.55 Å². The Bertz CT molecular complexity index is 999. The number of fused-ring (bicyclic) bond motifs is 1. The van der Waals surface area contributed by atoms with E-state index in [4.69, 9.17) is 4.74 Å². The van der Waals surface area contributed by atoms with Crippen LogP contribution in [0.3, 0.4) is 0 Å². The Morgan fingerprint density at radius 3 is 2.88 bits per heavy atom. The molecule has 0 spiro atoms. The van der Waals surface area contributed by atoms with Gasteiger partial charge >= 0.3 is 0 Å². The van der Waals surface area contributed by atoms with Crippen LogP contribution >= 0.6 is 15.9 Å². The number of carbonyl (C=O) groups is 1. The van der Waals surface area contributed by atoms with Gasteiger partial charge in [0.2, 0.25) is 5.91 Å². The third-order valence-corrected chi connectivity index (χ3v) is 4.96. The molecule has 1 aromatic heterocycles. The van der Waals surface area contributed by atoms with E-state index in [-0.39, 0.29) is 24.0 Å². The summed E-state index contributed by atoms with van der Waals surface area (Å²) in [5.74, 6) is 0.774. The second-order valence-electron chi connectivity index (χ2n) is 6.06. The summed E-state index contributed by atoms with van der Waals surface area (Å²) in [5, 5.41) is 13.0. The Labute approximate surface area is 158 Å². The predicted molar refractivity (Wildman–Crippen MR) is 101 cm³/mol. The second kappa shape index (κ2) is 6.49. The van der Waals surface area contributed by atoms with Crippen molar-refractivity contribution in [2.75, 3.05) is 12.4 Å². The number of hydrogen-bond donors (Lipinski definition) is 2. The van der Waals surface area contributed by atoms with Crippen LogP contribution in [-0.4, -0.2) is 27.7 Å². The number of nitrogens with one attached hydrogen (secondary N) is 1. The predicted octanol–water partition coefficient (Wildman–Crippen LogP) is 3.82. The normalized spacial score (nSPS) is 16.1. The molecule has 2 aromatic carbocycles. The monoisotopic (exact) mass is 413 g/mol. The van der Waals surface area contributed by atoms with Crippen molar-refractivity contribution in [3.8, 4) is 17.2 Å². The molecule has 0 saturated heterocycles. The van der Waals surface area contributed by atoms with Gasteiger partial charge in [-0.3, -0.25) is 9.36 Å². The molecule has 132 valence electrons. The molecule has 1 amide bonds. The summed E-state index contributed by atoms with van der Waals surface area (Å²) < 4.78 is 7.89. The summed E-state index contributed by atoms with van der Waals surface area (Å²) in [5.41, 5.74) is 2.49. The van der Waals surface area contributed by atoms with Crippen molar-refractivity contribution in [2.24, 2.45) is 0 Å². The fourth-order valence-corrected chi connectivity index (χ4v) is 3.62. The van der Waals surface area contributed by atoms with E-state index in [0.717, 1.165) is 21.4 Å². The van der Waals surface area contributed by atoms with Crippen LogP contribution in [0.25, 0.3) is 5.69 Å². The number of carbonyl (C=O) groups excluding carboxylic acids is 1. The van der Waals surface area contributed by atoms with E-state index >= 15 is 0 Å². The van der Waals surface area contributed by atoms with Gasteiger partial charge in [0.15, 0.2) is 11.5 Å². The Kier molecular flexibility index (Phi) is 4.16. The summed E-state index contributed by atoms with van der Waals surface area (Å²) in [6.07, 6.45) is 1.97. The SMILES string of the molecule is COc1ccc([C@@H]2CC(=O)Nc3c2ncn3-c2cccc(Br)c2)cc1O. The smallest absolute Gasteiger partial charge is 0.226 e. The molecule has 2 N–H and O–H groups in total. The van der Waals surface area contributed by atoms with Gasteiger partial charge in [-0.2, -0.15) is 0 Å². The van der Waals surface area contributed by atoms with Crippen LogP contribution in [0.2, 0.25) is 0 Å². The first kappa shape index (κ1) is 16.7. The number of rotatable bonds is 3. The number of amides is 1. The average molecular weight is 414 g/mol. The molecule has 0 bridgehead atoms. The number of methoxy groups -OCH3 is 1. The lowest BCUT2D eigenvalue weighted by Crippen LogP contribution is -2.24. The highest BCUT2D eigenvalue weighted by atomic mass is 79.9. The van der Waals surface area contributed by atoms with E-state index in [2.05, 4.69) is 26.2 Å². The first-order valence-electron chi connectivity index (χ1n) is 8.06. The van der Waals surface area contributed by atoms with Crippen molar-refractivity contribution >= 4 is 27.7 Å². The molecule has 1 aliphatic rings. The third kappa shape index (κ3) is 2.84. The van der Waals surface area contributed by atoms with E-state index in [0.29, 0.717) is 11.6 Å². The number of ether oxygens (including phenoxy) is 1. The Morgan fingerprint density at radius 1 is 1.31 bits per heavy atom. The van der Waals surface area contributed by atoms with Gasteiger partial charge in [-0.15, -0.1) is 0 Å². The largest absolute Gasteiger partial charge is 0.504 e. The topological polar surface area (TPSA) is 76.4 Å². The lowest BCUT2D eigenvalue weighted by atomic mass is 9.89. The number of hydrogen-bond acceptors (Lipinski definition) is 4. The lowest BCUT2D eigenvalue weighted by molar-refractivity contribution is -0.116. The molecule has 7 heteroatoms. The summed E-state index contributed by atoms with van der Waals surface area (Å²) in [7, 11) is 1.50. The number of halogens is 1. The molecule has 0 radical (unpaired) electrons. The number of aromatic hydroxyl groups is 1. The second-order valence-corrected chi connectivity index (χ2v) is 6.98. The zero-order valence-corrected chi connectivity index (χ0v) is 15.5. The maximum absolute atomic E-state index is 12.3. The minimum atomic E-state index is -0.232. The van der Waals surface area contributed by atoms with Crippen LogP contribution < -0.4 is 10.1 Å². The highest BCUT2D eigenvalue weighted by Gasteiger charge is 2.31. The number of anilines is 1. The van der Waals surface area contributed by atoms with Gasteiger partial charge in [-0.1, -0.05) is 28.1 Å². The fourth-order valence-electron chi connectivity index (χ4n) is 3.23. The van der Waals surface area contributed by atoms with E-state index in [1.165, 1.54) is 7.11 Å². The summed E-state index contributed by atoms with van der Waals surface area (Å²) >= 11 is 3.47. The van der Waals surface area contributed by atoms with Gasteiger partial charge in [-0.05, 0) is 35.9 Å². The number of phenols is 1. The zero-order valence-electron chi connectivity index (χ0n) is 13.9. The van der Waals surface area contributed by atoms with Gasteiger partial charge in [0.1, 0.15) is 12.1 Å². The molecular weight excluding hydrogens is 398 g/mol. The highest BCUT2D eigenvalue weighted by molar-refractivity contribution is 9.10. The van der Waals surface area contributed by atoms with E-state index in [1.807, 2.05) is 34.9 Å². The van der Waals surface area contributed by atoms with Crippen LogP contribution in [0.4, 0.5) is 5.82 Å². The third-order valence-electron chi connectivity index (χ3n) is 4.46. The molecule has 3 aromatic rings. The average Bonchev–Trinajstić information content (AvgIpc) is 3.04. The molecule has 6 nitrogen and oxygen atoms in total. The molecule has 1 aliphatic heterocycles. The molecular formula is C19H16BrN3O3. The first-order chi connectivity index (χ1) is 12.6. The summed E-state index contributed by atoms with van der Waals surface area (Å²) in [4.78, 5) is 16.9. The maximum atomic E-state index is 12.3. The molecule has 0 aliphatic carbocycles. The zero-order chi connectivity index (χ0) is 18.3. The van der Waals surface area contributed by atoms with Gasteiger partial charge in [0.25, 0.3) is 0 Å². The summed E-state index contributed by atoms with van der Waals surface area (Å²) in [6, 6.07) is 12.9. The Hall–Kier alpha value is -2.80. The van der Waals surface area contributed by atoms with Gasteiger partial charge < -0.3 is 15.2 Å². The van der Waals surface area contributed by atoms with Crippen molar-refractivity contribution in [2.45, 2.75) is 12.3 Å². The van der Waals surface area contributed by atoms with Crippen LogP contribution in [0, 0.1) is 0 Å². The first-order valence-corrected chi connectivity index (χ1v) is 8.86. The van der Waals surface area contributed by atoms with Crippen LogP contribution in [0.5, 0.6) is 11.5 Å². The van der Waals surface area contributed by atoms with Crippen LogP contribution in [-0.2, 0) is 4.79 Å². The van der Waals surface area contributed by atoms with Crippen molar-refractivity contribution in [1.29, 1.82) is 0 Å². The molecule has 0 saturated carbocycles. The van der Waals surface area contributed by atoms with Crippen LogP contribution in [0.1, 0.15) is 23.6 Å². The number of phenolic OH excluding ortho intramolecular Hbond substituents is 1. The molecule has 26 heavy (non-hydrogen) atoms. The standard InChI is InChI=1S/C19H16BrN3O3/c1-26-16-6-5-11(7-15(16)24)14-9-17(25)22-19-18(14)21-10-23(19)13-4-2-3-12(20)8-13/h2-8,10,14,24H,9H2,1H3,(H,22,25)/t14-/m0/s1. The Balaban J connectivity index is 1.80. The number of imidazole rings is 1. The van der Waals surface area contributed by atoms with Crippen LogP contribution in [0.15, 0.2) is 53.3 Å². The molecule has 2 heterocycles. The van der Waals surface area contributed by atoms with Gasteiger partial charge in [0.05, 0.1) is 12.8 Å². The number of benzene rings is 2. The lowest BCUT2D eigenvalue weighted by Gasteiger charge is -2.23. The highest BCUT2D eigenvalue weighted by Crippen LogP contribution is 2.39. The van der Waals surface area contributed by atoms with Crippen molar-refractivity contribution in [3.05, 3.63) is 64.5 Å². The quantitative estimate of drug-likeness (QED) is 0.683. The van der Waals surface area contributed by atoms with E-state index < -0.39 is 0 Å². The van der Waals surface area contributed by atoms with E-state index in [9.17, 15) is 9.90 Å². The van der Waals surface area contributed by atoms with E-state index in [1.54, 1.807) is 18.5 Å². The molecule has 0 unspecified atom stereocenters. The molecule has 0 fully saturated rings. The molecule has 1 atom stereocenters. The summed E-state index contributed by atoms with van der Waals surface area (Å²) in [6.45, 7) is 0. The fraction of sp³-hybridized carbons (Fsp3) is 0.158. The van der Waals surface area contributed by atoms with Crippen molar-refractivity contribution in [3.63, 3.8) is 0 Å². The molecule has 4 rings (SSSR count). The minimum Gasteiger partial charge on any atom is -0.504 e. The van der Waals surface area contributed by atoms with Crippen molar-refractivity contribution < 1.29 is 14.6 Å². The minimum absolute atomic E-state index is 0.0453. The number of nitrogens with zero attached hydrogens (tertiary/aromatic N) is 2. The number of aromatic nitrogens is 2.